The molecule has 3 atom stereocenters. The smallest absolute Gasteiger partial charge is 0.457 e. The van der Waals surface area contributed by atoms with Gasteiger partial charge in [0.15, 0.2) is 0 Å². The molecule has 0 rings (SSSR count). The Balaban J connectivity index is 4.25. The Morgan fingerprint density at radius 2 is 1.08 bits per heavy atom. The number of phosphoric acid groups is 1. The third-order valence-corrected chi connectivity index (χ3v) is 9.39. The second kappa shape index (κ2) is 39.8. The quantitative estimate of drug-likeness (QED) is 0.0242. The number of hydrogen-bond donors (Lipinski definition) is 3. The van der Waals surface area contributed by atoms with E-state index in [2.05, 4.69) is 74.6 Å². The Morgan fingerprint density at radius 1 is 0.604 bits per heavy atom. The third kappa shape index (κ3) is 39.7. The molecular weight excluding hydrogens is 691 g/mol. The fourth-order valence-corrected chi connectivity index (χ4v) is 6.07. The van der Waals surface area contributed by atoms with E-state index in [9.17, 15) is 19.4 Å². The molecular formula is C43H77O9P. The molecule has 0 aromatic carbocycles. The Bertz CT molecular complexity index is 1010. The van der Waals surface area contributed by atoms with Crippen molar-refractivity contribution in [2.24, 2.45) is 0 Å². The molecule has 0 saturated heterocycles. The highest BCUT2D eigenvalue weighted by molar-refractivity contribution is 7.47. The average molecular weight is 769 g/mol. The highest BCUT2D eigenvalue weighted by Crippen LogP contribution is 2.43. The van der Waals surface area contributed by atoms with Gasteiger partial charge in [-0.25, -0.2) is 4.57 Å². The number of carbonyl (C=O) groups is 1. The van der Waals surface area contributed by atoms with Crippen molar-refractivity contribution >= 4 is 13.8 Å². The maximum Gasteiger partial charge on any atom is 0.472 e. The molecule has 308 valence electrons. The van der Waals surface area contributed by atoms with Gasteiger partial charge in [0.25, 0.3) is 0 Å². The van der Waals surface area contributed by atoms with E-state index in [0.717, 1.165) is 83.5 Å². The van der Waals surface area contributed by atoms with E-state index in [1.165, 1.54) is 51.4 Å². The Labute approximate surface area is 323 Å². The van der Waals surface area contributed by atoms with Crippen molar-refractivity contribution in [2.45, 2.75) is 174 Å². The SMILES string of the molecule is CC/C=C\C/C=C\C/C=C\CCCCCCCC(=O)OC(COCCCCCCCC/C=C\C/C=C\CCCCCC)COP(=O)(O)OCC(O)CO. The third-order valence-electron chi connectivity index (χ3n) is 8.44. The first-order valence-electron chi connectivity index (χ1n) is 20.8. The molecule has 0 saturated carbocycles. The second-order valence-electron chi connectivity index (χ2n) is 13.6. The normalized spacial score (nSPS) is 14.7. The molecule has 3 N–H and O–H groups in total. The molecule has 0 aliphatic heterocycles. The van der Waals surface area contributed by atoms with Gasteiger partial charge in [-0.15, -0.1) is 0 Å². The van der Waals surface area contributed by atoms with Crippen LogP contribution in [-0.4, -0.2) is 66.3 Å². The van der Waals surface area contributed by atoms with Gasteiger partial charge in [0.2, 0.25) is 0 Å². The first kappa shape index (κ1) is 51.2. The van der Waals surface area contributed by atoms with Crippen LogP contribution in [0.5, 0.6) is 0 Å². The minimum Gasteiger partial charge on any atom is -0.457 e. The van der Waals surface area contributed by atoms with Crippen molar-refractivity contribution in [3.05, 3.63) is 60.8 Å². The van der Waals surface area contributed by atoms with Crippen molar-refractivity contribution in [3.63, 3.8) is 0 Å². The van der Waals surface area contributed by atoms with Gasteiger partial charge in [0, 0.05) is 13.0 Å². The zero-order valence-electron chi connectivity index (χ0n) is 33.5. The Morgan fingerprint density at radius 3 is 1.62 bits per heavy atom. The summed E-state index contributed by atoms with van der Waals surface area (Å²) in [5, 5.41) is 18.3. The van der Waals surface area contributed by atoms with Gasteiger partial charge in [-0.2, -0.15) is 0 Å². The molecule has 10 heteroatoms. The molecule has 0 radical (unpaired) electrons. The maximum absolute atomic E-state index is 12.6. The predicted molar refractivity (Wildman–Crippen MR) is 219 cm³/mol. The summed E-state index contributed by atoms with van der Waals surface area (Å²) in [6.07, 6.45) is 44.6. The molecule has 0 aromatic rings. The van der Waals surface area contributed by atoms with Crippen molar-refractivity contribution in [1.82, 2.24) is 0 Å². The van der Waals surface area contributed by atoms with Crippen molar-refractivity contribution < 1.29 is 43.0 Å². The van der Waals surface area contributed by atoms with Crippen LogP contribution in [0.2, 0.25) is 0 Å². The van der Waals surface area contributed by atoms with E-state index in [1.807, 2.05) is 0 Å². The van der Waals surface area contributed by atoms with E-state index < -0.39 is 45.8 Å². The van der Waals surface area contributed by atoms with Gasteiger partial charge in [0.1, 0.15) is 12.2 Å². The molecule has 9 nitrogen and oxygen atoms in total. The lowest BCUT2D eigenvalue weighted by atomic mass is 10.1. The van der Waals surface area contributed by atoms with E-state index in [-0.39, 0.29) is 13.0 Å². The van der Waals surface area contributed by atoms with Crippen molar-refractivity contribution in [1.29, 1.82) is 0 Å². The van der Waals surface area contributed by atoms with Gasteiger partial charge < -0.3 is 24.6 Å². The van der Waals surface area contributed by atoms with E-state index >= 15 is 0 Å². The zero-order valence-corrected chi connectivity index (χ0v) is 34.4. The van der Waals surface area contributed by atoms with Crippen LogP contribution in [0.25, 0.3) is 0 Å². The lowest BCUT2D eigenvalue weighted by Crippen LogP contribution is -2.29. The van der Waals surface area contributed by atoms with Crippen LogP contribution in [0.15, 0.2) is 60.8 Å². The number of ether oxygens (including phenoxy) is 2. The first-order chi connectivity index (χ1) is 25.8. The van der Waals surface area contributed by atoms with E-state index in [1.54, 1.807) is 0 Å². The minimum absolute atomic E-state index is 0.0323. The highest BCUT2D eigenvalue weighted by Gasteiger charge is 2.26. The van der Waals surface area contributed by atoms with Crippen LogP contribution in [0.1, 0.15) is 162 Å². The minimum atomic E-state index is -4.53. The summed E-state index contributed by atoms with van der Waals surface area (Å²) in [5.74, 6) is -0.406. The molecule has 0 heterocycles. The van der Waals surface area contributed by atoms with Crippen LogP contribution in [-0.2, 0) is 27.9 Å². The number of phosphoric ester groups is 1. The summed E-state index contributed by atoms with van der Waals surface area (Å²) >= 11 is 0. The largest absolute Gasteiger partial charge is 0.472 e. The molecule has 0 fully saturated rings. The monoisotopic (exact) mass is 769 g/mol. The standard InChI is InChI=1S/C43H77O9P/c1-3-5-7-9-11-13-15-17-19-20-22-24-26-28-30-32-34-36-49-39-42(40-51-53(47,48)50-38-41(45)37-44)52-43(46)35-33-31-29-27-25-23-21-18-16-14-12-10-8-6-4-2/h6,8,12-15,18-21,41-42,44-45H,3-5,7,9-11,16-17,22-40H2,1-2H3,(H,47,48)/b8-6-,14-12-,15-13-,20-19-,21-18-. The van der Waals surface area contributed by atoms with Crippen LogP contribution in [0, 0.1) is 0 Å². The lowest BCUT2D eigenvalue weighted by molar-refractivity contribution is -0.154. The number of carbonyl (C=O) groups excluding carboxylic acids is 1. The summed E-state index contributed by atoms with van der Waals surface area (Å²) in [6.45, 7) is 3.33. The molecule has 0 aliphatic rings. The number of aliphatic hydroxyl groups excluding tert-OH is 2. The molecule has 3 unspecified atom stereocenters. The van der Waals surface area contributed by atoms with Crippen LogP contribution < -0.4 is 0 Å². The van der Waals surface area contributed by atoms with Gasteiger partial charge >= 0.3 is 13.8 Å². The van der Waals surface area contributed by atoms with E-state index in [0.29, 0.717) is 13.0 Å². The highest BCUT2D eigenvalue weighted by atomic mass is 31.2. The number of unbranched alkanes of at least 4 members (excludes halogenated alkanes) is 15. The molecule has 0 spiro atoms. The number of esters is 1. The number of aliphatic hydroxyl groups is 2. The fraction of sp³-hybridized carbons (Fsp3) is 0.744. The molecule has 0 amide bonds. The summed E-state index contributed by atoms with van der Waals surface area (Å²) in [7, 11) is -4.53. The Kier molecular flexibility index (Phi) is 38.5. The number of allylic oxidation sites excluding steroid dienone is 10. The topological polar surface area (TPSA) is 132 Å². The van der Waals surface area contributed by atoms with Gasteiger partial charge in [-0.1, -0.05) is 139 Å². The van der Waals surface area contributed by atoms with Gasteiger partial charge in [-0.3, -0.25) is 13.8 Å². The number of hydrogen-bond acceptors (Lipinski definition) is 8. The van der Waals surface area contributed by atoms with E-state index in [4.69, 9.17) is 23.6 Å². The van der Waals surface area contributed by atoms with Crippen LogP contribution in [0.3, 0.4) is 0 Å². The summed E-state index contributed by atoms with van der Waals surface area (Å²) in [4.78, 5) is 22.5. The molecule has 0 aromatic heterocycles. The first-order valence-corrected chi connectivity index (χ1v) is 22.3. The number of rotatable bonds is 39. The Hall–Kier alpha value is -1.84. The zero-order chi connectivity index (χ0) is 38.9. The average Bonchev–Trinajstić information content (AvgIpc) is 3.15. The van der Waals surface area contributed by atoms with Gasteiger partial charge in [-0.05, 0) is 77.0 Å². The van der Waals surface area contributed by atoms with Crippen molar-refractivity contribution in [3.8, 4) is 0 Å². The summed E-state index contributed by atoms with van der Waals surface area (Å²) in [5.41, 5.74) is 0. The molecule has 53 heavy (non-hydrogen) atoms. The lowest BCUT2D eigenvalue weighted by Gasteiger charge is -2.20. The maximum atomic E-state index is 12.6. The molecule has 0 aliphatic carbocycles. The predicted octanol–water partition coefficient (Wildman–Crippen LogP) is 11.2. The molecule has 0 bridgehead atoms. The fourth-order valence-electron chi connectivity index (χ4n) is 5.28. The summed E-state index contributed by atoms with van der Waals surface area (Å²) < 4.78 is 33.3. The van der Waals surface area contributed by atoms with Crippen LogP contribution >= 0.6 is 7.82 Å². The summed E-state index contributed by atoms with van der Waals surface area (Å²) in [6, 6.07) is 0. The van der Waals surface area contributed by atoms with Crippen LogP contribution in [0.4, 0.5) is 0 Å². The second-order valence-corrected chi connectivity index (χ2v) is 15.1. The van der Waals surface area contributed by atoms with Gasteiger partial charge in [0.05, 0.1) is 26.4 Å². The van der Waals surface area contributed by atoms with Crippen molar-refractivity contribution in [2.75, 3.05) is 33.0 Å².